The van der Waals surface area contributed by atoms with Crippen LogP contribution in [0.4, 0.5) is 0 Å². The van der Waals surface area contributed by atoms with Gasteiger partial charge in [0.1, 0.15) is 5.57 Å². The molecule has 0 spiro atoms. The third-order valence-electron chi connectivity index (χ3n) is 1.97. The van der Waals surface area contributed by atoms with Crippen LogP contribution in [-0.4, -0.2) is 34.0 Å². The molecule has 0 fully saturated rings. The molecule has 1 aliphatic heterocycles. The van der Waals surface area contributed by atoms with Crippen LogP contribution in [0.15, 0.2) is 11.3 Å². The highest BCUT2D eigenvalue weighted by Crippen LogP contribution is 2.24. The maximum Gasteiger partial charge on any atom is 0.346 e. The Morgan fingerprint density at radius 3 is 2.53 bits per heavy atom. The first-order chi connectivity index (χ1) is 6.97. The fraction of sp³-hybridized carbons (Fsp3) is 0.444. The van der Waals surface area contributed by atoms with Gasteiger partial charge in [-0.2, -0.15) is 0 Å². The largest absolute Gasteiger partial charge is 0.507 e. The van der Waals surface area contributed by atoms with Crippen molar-refractivity contribution < 1.29 is 29.3 Å². The second-order valence-electron chi connectivity index (χ2n) is 3.03. The van der Waals surface area contributed by atoms with Gasteiger partial charge in [-0.3, -0.25) is 9.59 Å². The zero-order valence-corrected chi connectivity index (χ0v) is 8.02. The Bertz CT molecular complexity index is 354. The molecule has 2 N–H and O–H groups in total. The molecule has 1 unspecified atom stereocenters. The number of esters is 1. The number of aliphatic carboxylic acids is 1. The summed E-state index contributed by atoms with van der Waals surface area (Å²) in [6.07, 6.45) is -1.73. The van der Waals surface area contributed by atoms with E-state index in [2.05, 4.69) is 4.74 Å². The van der Waals surface area contributed by atoms with Crippen molar-refractivity contribution in [3.63, 3.8) is 0 Å². The topological polar surface area (TPSA) is 101 Å². The number of aliphatic hydroxyl groups excluding tert-OH is 1. The molecule has 1 atom stereocenters. The van der Waals surface area contributed by atoms with Crippen molar-refractivity contribution in [1.29, 1.82) is 0 Å². The number of ether oxygens (including phenoxy) is 1. The van der Waals surface area contributed by atoms with Gasteiger partial charge in [0.05, 0.1) is 6.42 Å². The number of cyclic esters (lactones) is 1. The number of Topliss-reactive ketones (excluding diaryl/α,β-unsaturated/α-hetero) is 1. The monoisotopic (exact) mass is 214 g/mol. The summed E-state index contributed by atoms with van der Waals surface area (Å²) in [5.41, 5.74) is -0.427. The molecule has 0 aromatic carbocycles. The molecule has 0 saturated heterocycles. The highest BCUT2D eigenvalue weighted by molar-refractivity contribution is 6.19. The summed E-state index contributed by atoms with van der Waals surface area (Å²) in [4.78, 5) is 32.7. The highest BCUT2D eigenvalue weighted by Gasteiger charge is 2.38. The molecule has 0 radical (unpaired) electrons. The van der Waals surface area contributed by atoms with Crippen LogP contribution in [0.2, 0.25) is 0 Å². The average molecular weight is 214 g/mol. The summed E-state index contributed by atoms with van der Waals surface area (Å²) < 4.78 is 4.56. The summed E-state index contributed by atoms with van der Waals surface area (Å²) >= 11 is 0. The molecule has 6 heteroatoms. The van der Waals surface area contributed by atoms with Crippen molar-refractivity contribution in [3.05, 3.63) is 11.3 Å². The highest BCUT2D eigenvalue weighted by atomic mass is 16.6. The molecule has 0 bridgehead atoms. The number of carboxylic acids is 1. The predicted octanol–water partition coefficient (Wildman–Crippen LogP) is 0.178. The lowest BCUT2D eigenvalue weighted by Crippen LogP contribution is -2.16. The van der Waals surface area contributed by atoms with E-state index in [0.29, 0.717) is 0 Å². The quantitative estimate of drug-likeness (QED) is 0.511. The molecule has 0 saturated carbocycles. The third kappa shape index (κ3) is 2.15. The van der Waals surface area contributed by atoms with Gasteiger partial charge >= 0.3 is 11.9 Å². The summed E-state index contributed by atoms with van der Waals surface area (Å²) in [6, 6.07) is 0. The van der Waals surface area contributed by atoms with E-state index in [9.17, 15) is 19.5 Å². The predicted molar refractivity (Wildman–Crippen MR) is 47.1 cm³/mol. The van der Waals surface area contributed by atoms with Crippen LogP contribution >= 0.6 is 0 Å². The van der Waals surface area contributed by atoms with E-state index in [4.69, 9.17) is 5.11 Å². The fourth-order valence-electron chi connectivity index (χ4n) is 1.24. The van der Waals surface area contributed by atoms with Gasteiger partial charge in [-0.15, -0.1) is 0 Å². The van der Waals surface area contributed by atoms with Crippen molar-refractivity contribution in [2.45, 2.75) is 25.9 Å². The van der Waals surface area contributed by atoms with Crippen molar-refractivity contribution in [1.82, 2.24) is 0 Å². The van der Waals surface area contributed by atoms with Crippen molar-refractivity contribution in [3.8, 4) is 0 Å². The summed E-state index contributed by atoms with van der Waals surface area (Å²) in [7, 11) is 0. The first-order valence-corrected chi connectivity index (χ1v) is 4.36. The Hall–Kier alpha value is -1.85. The molecule has 0 aromatic heterocycles. The molecule has 1 rings (SSSR count). The molecule has 0 amide bonds. The van der Waals surface area contributed by atoms with Crippen LogP contribution in [0.1, 0.15) is 19.8 Å². The first kappa shape index (κ1) is 11.2. The minimum absolute atomic E-state index is 0.0499. The number of hydrogen-bond donors (Lipinski definition) is 2. The standard InChI is InChI=1S/C9H10O6/c1-2-4(10)7-8(13)5(3-6(11)12)15-9(7)14/h5,13H,2-3H2,1H3,(H,11,12). The number of ketones is 1. The molecule has 15 heavy (non-hydrogen) atoms. The van der Waals surface area contributed by atoms with Crippen molar-refractivity contribution in [2.75, 3.05) is 0 Å². The van der Waals surface area contributed by atoms with Crippen LogP contribution in [0.5, 0.6) is 0 Å². The third-order valence-corrected chi connectivity index (χ3v) is 1.97. The second kappa shape index (κ2) is 4.12. The molecule has 1 aliphatic rings. The molecule has 82 valence electrons. The minimum atomic E-state index is -1.24. The molecular formula is C9H10O6. The Labute approximate surface area is 85.1 Å². The number of carboxylic acid groups (broad SMARTS) is 1. The van der Waals surface area contributed by atoms with Gasteiger partial charge in [0.2, 0.25) is 0 Å². The van der Waals surface area contributed by atoms with E-state index >= 15 is 0 Å². The summed E-state index contributed by atoms with van der Waals surface area (Å²) in [5.74, 6) is -3.30. The fourth-order valence-corrected chi connectivity index (χ4v) is 1.24. The number of carbonyl (C=O) groups excluding carboxylic acids is 2. The average Bonchev–Trinajstić information content (AvgIpc) is 2.40. The van der Waals surface area contributed by atoms with E-state index in [0.717, 1.165) is 0 Å². The van der Waals surface area contributed by atoms with Crippen LogP contribution in [0.25, 0.3) is 0 Å². The van der Waals surface area contributed by atoms with Crippen LogP contribution in [0.3, 0.4) is 0 Å². The maximum absolute atomic E-state index is 11.2. The van der Waals surface area contributed by atoms with Gasteiger partial charge in [0.25, 0.3) is 0 Å². The van der Waals surface area contributed by atoms with Crippen LogP contribution in [0, 0.1) is 0 Å². The van der Waals surface area contributed by atoms with Crippen molar-refractivity contribution in [2.24, 2.45) is 0 Å². The van der Waals surface area contributed by atoms with Crippen LogP contribution < -0.4 is 0 Å². The molecular weight excluding hydrogens is 204 g/mol. The molecule has 1 heterocycles. The zero-order chi connectivity index (χ0) is 11.6. The van der Waals surface area contributed by atoms with Gasteiger partial charge in [-0.25, -0.2) is 4.79 Å². The smallest absolute Gasteiger partial charge is 0.346 e. The molecule has 6 nitrogen and oxygen atoms in total. The Kier molecular flexibility index (Phi) is 3.08. The molecule has 0 aliphatic carbocycles. The lowest BCUT2D eigenvalue weighted by atomic mass is 10.1. The lowest BCUT2D eigenvalue weighted by Gasteiger charge is -2.05. The van der Waals surface area contributed by atoms with Gasteiger partial charge < -0.3 is 14.9 Å². The minimum Gasteiger partial charge on any atom is -0.507 e. The normalized spacial score (nSPS) is 20.3. The van der Waals surface area contributed by atoms with E-state index in [1.165, 1.54) is 6.92 Å². The summed E-state index contributed by atoms with van der Waals surface area (Å²) in [5, 5.41) is 17.9. The zero-order valence-electron chi connectivity index (χ0n) is 8.02. The van der Waals surface area contributed by atoms with E-state index < -0.39 is 41.6 Å². The van der Waals surface area contributed by atoms with Crippen LogP contribution in [-0.2, 0) is 19.1 Å². The number of carbonyl (C=O) groups is 3. The van der Waals surface area contributed by atoms with Gasteiger partial charge in [-0.1, -0.05) is 6.92 Å². The maximum atomic E-state index is 11.2. The number of aliphatic hydroxyl groups is 1. The number of rotatable bonds is 4. The van der Waals surface area contributed by atoms with Gasteiger partial charge in [0, 0.05) is 6.42 Å². The lowest BCUT2D eigenvalue weighted by molar-refractivity contribution is -0.145. The molecule has 0 aromatic rings. The van der Waals surface area contributed by atoms with E-state index in [1.807, 2.05) is 0 Å². The Morgan fingerprint density at radius 1 is 1.47 bits per heavy atom. The SMILES string of the molecule is CCC(=O)C1=C(O)C(CC(=O)O)OC1=O. The van der Waals surface area contributed by atoms with E-state index in [-0.39, 0.29) is 6.42 Å². The Morgan fingerprint density at radius 2 is 2.07 bits per heavy atom. The second-order valence-corrected chi connectivity index (χ2v) is 3.03. The first-order valence-electron chi connectivity index (χ1n) is 4.36. The summed E-state index contributed by atoms with van der Waals surface area (Å²) in [6.45, 7) is 1.53. The number of hydrogen-bond acceptors (Lipinski definition) is 5. The van der Waals surface area contributed by atoms with Crippen molar-refractivity contribution >= 4 is 17.7 Å². The van der Waals surface area contributed by atoms with Gasteiger partial charge in [0.15, 0.2) is 17.6 Å². The Balaban J connectivity index is 2.93. The van der Waals surface area contributed by atoms with Gasteiger partial charge in [-0.05, 0) is 0 Å². The van der Waals surface area contributed by atoms with E-state index in [1.54, 1.807) is 0 Å².